The monoisotopic (exact) mass is 483 g/mol. The van der Waals surface area contributed by atoms with Crippen LogP contribution in [0.3, 0.4) is 0 Å². The zero-order valence-electron chi connectivity index (χ0n) is 17.9. The minimum absolute atomic E-state index is 0.280. The lowest BCUT2D eigenvalue weighted by Gasteiger charge is -2.04. The van der Waals surface area contributed by atoms with Crippen molar-refractivity contribution >= 4 is 27.3 Å². The number of hydrogen-bond acceptors (Lipinski definition) is 8. The number of thiazole rings is 1. The number of rotatable bonds is 7. The number of carbonyl (C=O) groups is 1. The zero-order chi connectivity index (χ0) is 23.4. The number of pyridine rings is 1. The molecule has 0 saturated carbocycles. The first kappa shape index (κ1) is 22.6. The number of amides is 1. The average molecular weight is 484 g/mol. The van der Waals surface area contributed by atoms with Gasteiger partial charge in [0.2, 0.25) is 5.06 Å². The predicted octanol–water partition coefficient (Wildman–Crippen LogP) is 3.45. The summed E-state index contributed by atoms with van der Waals surface area (Å²) >= 11 is 1.24. The second-order valence-electron chi connectivity index (χ2n) is 7.31. The van der Waals surface area contributed by atoms with E-state index in [1.807, 2.05) is 18.3 Å². The second-order valence-corrected chi connectivity index (χ2v) is 10.3. The van der Waals surface area contributed by atoms with Gasteiger partial charge in [0.25, 0.3) is 0 Å². The van der Waals surface area contributed by atoms with Crippen molar-refractivity contribution in [3.8, 4) is 15.8 Å². The lowest BCUT2D eigenvalue weighted by Crippen LogP contribution is -2.26. The Morgan fingerprint density at radius 2 is 1.94 bits per heavy atom. The van der Waals surface area contributed by atoms with Crippen molar-refractivity contribution < 1.29 is 17.9 Å². The molecular formula is C22H21N5O4S2. The second kappa shape index (κ2) is 9.51. The molecule has 0 radical (unpaired) electrons. The number of nitrogens with one attached hydrogen (secondary N) is 1. The first-order valence-corrected chi connectivity index (χ1v) is 12.6. The Morgan fingerprint density at radius 1 is 1.15 bits per heavy atom. The molecule has 0 bridgehead atoms. The number of hydrogen-bond donors (Lipinski definition) is 1. The molecule has 0 spiro atoms. The molecule has 1 N–H and O–H groups in total. The third-order valence-electron chi connectivity index (χ3n) is 4.65. The molecule has 0 aliphatic rings. The first-order chi connectivity index (χ1) is 15.8. The van der Waals surface area contributed by atoms with E-state index < -0.39 is 15.9 Å². The molecule has 170 valence electrons. The fourth-order valence-electron chi connectivity index (χ4n) is 2.98. The number of carbonyl (C=O) groups excluding carboxylic acids is 1. The van der Waals surface area contributed by atoms with Gasteiger partial charge in [-0.15, -0.1) is 0 Å². The van der Waals surface area contributed by atoms with Gasteiger partial charge in [0.05, 0.1) is 17.1 Å². The van der Waals surface area contributed by atoms with E-state index in [2.05, 4.69) is 20.4 Å². The van der Waals surface area contributed by atoms with E-state index in [4.69, 9.17) is 4.74 Å². The largest absolute Gasteiger partial charge is 0.413 e. The quantitative estimate of drug-likeness (QED) is 0.428. The Hall–Kier alpha value is -3.57. The van der Waals surface area contributed by atoms with Gasteiger partial charge in [-0.05, 0) is 42.3 Å². The van der Waals surface area contributed by atoms with Gasteiger partial charge in [-0.1, -0.05) is 29.5 Å². The highest BCUT2D eigenvalue weighted by Gasteiger charge is 2.16. The molecular weight excluding hydrogens is 462 g/mol. The molecule has 3 aromatic heterocycles. The molecule has 1 aromatic carbocycles. The Bertz CT molecular complexity index is 1360. The van der Waals surface area contributed by atoms with Crippen LogP contribution in [0.4, 0.5) is 4.79 Å². The van der Waals surface area contributed by atoms with E-state index >= 15 is 0 Å². The molecule has 4 rings (SSSR count). The summed E-state index contributed by atoms with van der Waals surface area (Å²) in [7, 11) is -3.23. The predicted molar refractivity (Wildman–Crippen MR) is 124 cm³/mol. The van der Waals surface area contributed by atoms with Crippen LogP contribution < -0.4 is 10.1 Å². The van der Waals surface area contributed by atoms with Crippen LogP contribution in [-0.2, 0) is 22.9 Å². The number of sulfone groups is 1. The van der Waals surface area contributed by atoms with Gasteiger partial charge in [-0.3, -0.25) is 9.67 Å². The summed E-state index contributed by atoms with van der Waals surface area (Å²) in [5.74, 6) is 0. The molecule has 0 fully saturated rings. The summed E-state index contributed by atoms with van der Waals surface area (Å²) in [5.41, 5.74) is 3.04. The lowest BCUT2D eigenvalue weighted by atomic mass is 10.2. The van der Waals surface area contributed by atoms with Crippen LogP contribution in [0.1, 0.15) is 16.8 Å². The summed E-state index contributed by atoms with van der Waals surface area (Å²) in [6.45, 7) is 2.56. The molecule has 9 nitrogen and oxygen atoms in total. The van der Waals surface area contributed by atoms with Gasteiger partial charge in [0.15, 0.2) is 9.84 Å². The molecule has 0 atom stereocenters. The topological polar surface area (TPSA) is 116 Å². The average Bonchev–Trinajstić information content (AvgIpc) is 3.39. The lowest BCUT2D eigenvalue weighted by molar-refractivity contribution is 0.201. The minimum atomic E-state index is -3.23. The third-order valence-corrected chi connectivity index (χ3v) is 6.84. The summed E-state index contributed by atoms with van der Waals surface area (Å²) in [5, 5.41) is 8.26. The molecule has 0 aliphatic carbocycles. The van der Waals surface area contributed by atoms with Crippen LogP contribution in [0, 0.1) is 6.92 Å². The summed E-state index contributed by atoms with van der Waals surface area (Å²) in [6, 6.07) is 12.2. The number of nitrogens with zero attached hydrogens (tertiary/aromatic N) is 4. The maximum Gasteiger partial charge on any atom is 0.413 e. The highest BCUT2D eigenvalue weighted by atomic mass is 32.2. The maximum absolute atomic E-state index is 12.1. The fourth-order valence-corrected chi connectivity index (χ4v) is 4.49. The number of ether oxygens (including phenoxy) is 1. The van der Waals surface area contributed by atoms with E-state index in [-0.39, 0.29) is 4.90 Å². The Balaban J connectivity index is 1.39. The molecule has 1 amide bonds. The van der Waals surface area contributed by atoms with E-state index in [0.29, 0.717) is 34.5 Å². The van der Waals surface area contributed by atoms with Crippen molar-refractivity contribution in [3.63, 3.8) is 0 Å². The summed E-state index contributed by atoms with van der Waals surface area (Å²) in [4.78, 5) is 20.9. The van der Waals surface area contributed by atoms with Crippen molar-refractivity contribution in [2.45, 2.75) is 24.9 Å². The zero-order valence-corrected chi connectivity index (χ0v) is 19.6. The van der Waals surface area contributed by atoms with Crippen LogP contribution in [0.5, 0.6) is 5.06 Å². The molecule has 0 saturated heterocycles. The van der Waals surface area contributed by atoms with Crippen molar-refractivity contribution in [1.82, 2.24) is 25.1 Å². The third kappa shape index (κ3) is 5.82. The molecule has 0 unspecified atom stereocenters. The van der Waals surface area contributed by atoms with Gasteiger partial charge < -0.3 is 10.1 Å². The molecule has 3 heterocycles. The minimum Gasteiger partial charge on any atom is -0.397 e. The van der Waals surface area contributed by atoms with Crippen molar-refractivity contribution in [2.75, 3.05) is 6.26 Å². The normalized spacial score (nSPS) is 11.3. The number of aromatic nitrogens is 4. The van der Waals surface area contributed by atoms with Crippen LogP contribution in [-0.4, -0.2) is 40.5 Å². The van der Waals surface area contributed by atoms with Crippen LogP contribution in [0.15, 0.2) is 66.0 Å². The standard InChI is InChI=1S/C22H21N5O4S2/c1-15-21(31-22(28)24-13-17-4-3-10-23-12-17)32-20(25-15)19-9-11-27(26-19)14-16-5-7-18(8-6-16)33(2,29)30/h3-12H,13-14H2,1-2H3,(H,24,28). The van der Waals surface area contributed by atoms with Crippen molar-refractivity contribution in [1.29, 1.82) is 0 Å². The Morgan fingerprint density at radius 3 is 2.64 bits per heavy atom. The number of benzene rings is 1. The summed E-state index contributed by atoms with van der Waals surface area (Å²) in [6.07, 6.45) is 5.77. The maximum atomic E-state index is 12.1. The van der Waals surface area contributed by atoms with Gasteiger partial charge in [0, 0.05) is 31.4 Å². The molecule has 33 heavy (non-hydrogen) atoms. The van der Waals surface area contributed by atoms with E-state index in [9.17, 15) is 13.2 Å². The number of aryl methyl sites for hydroxylation is 1. The van der Waals surface area contributed by atoms with Crippen molar-refractivity contribution in [3.05, 3.63) is 77.9 Å². The van der Waals surface area contributed by atoms with Crippen LogP contribution in [0.25, 0.3) is 10.7 Å². The van der Waals surface area contributed by atoms with Gasteiger partial charge in [-0.25, -0.2) is 18.2 Å². The van der Waals surface area contributed by atoms with Gasteiger partial charge in [0.1, 0.15) is 10.7 Å². The SMILES string of the molecule is Cc1nc(-c2ccn(Cc3ccc(S(C)(=O)=O)cc3)n2)sc1OC(=O)NCc1cccnc1. The highest BCUT2D eigenvalue weighted by molar-refractivity contribution is 7.90. The van der Waals surface area contributed by atoms with Crippen molar-refractivity contribution in [2.24, 2.45) is 0 Å². The fraction of sp³-hybridized carbons (Fsp3) is 0.182. The molecule has 0 aliphatic heterocycles. The Labute approximate surface area is 195 Å². The van der Waals surface area contributed by atoms with E-state index in [0.717, 1.165) is 11.1 Å². The highest BCUT2D eigenvalue weighted by Crippen LogP contribution is 2.33. The molecule has 11 heteroatoms. The first-order valence-electron chi connectivity index (χ1n) is 9.93. The Kier molecular flexibility index (Phi) is 6.52. The van der Waals surface area contributed by atoms with Crippen LogP contribution >= 0.6 is 11.3 Å². The summed E-state index contributed by atoms with van der Waals surface area (Å²) < 4.78 is 30.3. The van der Waals surface area contributed by atoms with Gasteiger partial charge >= 0.3 is 6.09 Å². The van der Waals surface area contributed by atoms with E-state index in [1.54, 1.807) is 54.3 Å². The van der Waals surface area contributed by atoms with Gasteiger partial charge in [-0.2, -0.15) is 5.10 Å². The van der Waals surface area contributed by atoms with E-state index in [1.165, 1.54) is 17.6 Å². The molecule has 4 aromatic rings. The van der Waals surface area contributed by atoms with Crippen LogP contribution in [0.2, 0.25) is 0 Å². The smallest absolute Gasteiger partial charge is 0.397 e.